The zero-order chi connectivity index (χ0) is 23.2. The number of phenols is 1. The van der Waals surface area contributed by atoms with E-state index in [0.29, 0.717) is 41.6 Å². The maximum absolute atomic E-state index is 10.1. The van der Waals surface area contributed by atoms with Crippen LogP contribution in [0.25, 0.3) is 33.9 Å². The average Bonchev–Trinajstić information content (AvgIpc) is 3.23. The molecule has 0 spiro atoms. The number of hydrogen-bond donors (Lipinski definition) is 3. The van der Waals surface area contributed by atoms with E-state index in [2.05, 4.69) is 26.5 Å². The summed E-state index contributed by atoms with van der Waals surface area (Å²) >= 11 is 0. The van der Waals surface area contributed by atoms with Crippen LogP contribution in [0.1, 0.15) is 12.0 Å². The van der Waals surface area contributed by atoms with E-state index in [-0.39, 0.29) is 18.9 Å². The summed E-state index contributed by atoms with van der Waals surface area (Å²) < 4.78 is 1.55. The molecule has 0 saturated carbocycles. The molecule has 9 heteroatoms. The Hall–Kier alpha value is -4.29. The first-order chi connectivity index (χ1) is 16.1. The Balaban J connectivity index is 1.88. The van der Waals surface area contributed by atoms with Gasteiger partial charge in [-0.1, -0.05) is 0 Å². The molecule has 3 heterocycles. The van der Waals surface area contributed by atoms with Crippen molar-refractivity contribution in [3.05, 3.63) is 60.6 Å². The maximum atomic E-state index is 10.1. The lowest BCUT2D eigenvalue weighted by atomic mass is 10.0. The third-order valence-electron chi connectivity index (χ3n) is 4.89. The van der Waals surface area contributed by atoms with Gasteiger partial charge in [0, 0.05) is 54.5 Å². The minimum atomic E-state index is 0.0718. The molecule has 4 aromatic rings. The van der Waals surface area contributed by atoms with E-state index < -0.39 is 0 Å². The molecular formula is C24H23N7O2. The van der Waals surface area contributed by atoms with Crippen LogP contribution in [-0.4, -0.2) is 48.1 Å². The molecule has 166 valence electrons. The Morgan fingerprint density at radius 2 is 2.03 bits per heavy atom. The van der Waals surface area contributed by atoms with Crippen LogP contribution in [0.2, 0.25) is 0 Å². The van der Waals surface area contributed by atoms with Crippen molar-refractivity contribution in [3.63, 3.8) is 0 Å². The highest BCUT2D eigenvalue weighted by Gasteiger charge is 2.18. The Morgan fingerprint density at radius 3 is 2.76 bits per heavy atom. The third kappa shape index (κ3) is 5.14. The number of pyridine rings is 1. The molecule has 0 radical (unpaired) electrons. The molecule has 0 aliphatic carbocycles. The van der Waals surface area contributed by atoms with Crippen LogP contribution in [0, 0.1) is 18.3 Å². The predicted molar refractivity (Wildman–Crippen MR) is 124 cm³/mol. The quantitative estimate of drug-likeness (QED) is 0.354. The van der Waals surface area contributed by atoms with Gasteiger partial charge in [-0.25, -0.2) is 9.97 Å². The van der Waals surface area contributed by atoms with Gasteiger partial charge in [-0.15, -0.1) is 0 Å². The van der Waals surface area contributed by atoms with Gasteiger partial charge in [-0.2, -0.15) is 10.4 Å². The van der Waals surface area contributed by atoms with Gasteiger partial charge in [0.2, 0.25) is 0 Å². The number of hydrogen-bond acceptors (Lipinski definition) is 8. The largest absolute Gasteiger partial charge is 0.508 e. The molecule has 3 N–H and O–H groups in total. The molecule has 33 heavy (non-hydrogen) atoms. The lowest BCUT2D eigenvalue weighted by Crippen LogP contribution is -2.07. The van der Waals surface area contributed by atoms with Gasteiger partial charge in [0.15, 0.2) is 5.82 Å². The summed E-state index contributed by atoms with van der Waals surface area (Å²) in [6.45, 7) is 2.59. The first-order valence-electron chi connectivity index (χ1n) is 10.5. The number of phenolic OH excluding ortho intramolecular Hbond substituents is 1. The normalized spacial score (nSPS) is 10.7. The lowest BCUT2D eigenvalue weighted by Gasteiger charge is -2.10. The minimum absolute atomic E-state index is 0.0718. The number of benzene rings is 1. The van der Waals surface area contributed by atoms with E-state index in [1.807, 2.05) is 31.2 Å². The van der Waals surface area contributed by atoms with Gasteiger partial charge in [-0.3, -0.25) is 9.67 Å². The Kier molecular flexibility index (Phi) is 6.57. The van der Waals surface area contributed by atoms with Crippen molar-refractivity contribution in [3.8, 4) is 45.7 Å². The second-order valence-corrected chi connectivity index (χ2v) is 7.51. The first kappa shape index (κ1) is 21.9. The van der Waals surface area contributed by atoms with E-state index in [1.165, 1.54) is 0 Å². The summed E-state index contributed by atoms with van der Waals surface area (Å²) in [5.41, 5.74) is 4.26. The highest BCUT2D eigenvalue weighted by Crippen LogP contribution is 2.34. The highest BCUT2D eigenvalue weighted by molar-refractivity contribution is 5.81. The molecule has 3 aromatic heterocycles. The van der Waals surface area contributed by atoms with Crippen LogP contribution in [0.15, 0.2) is 55.0 Å². The van der Waals surface area contributed by atoms with Crippen LogP contribution < -0.4 is 5.32 Å². The number of nitrogens with one attached hydrogen (secondary N) is 1. The zero-order valence-electron chi connectivity index (χ0n) is 18.1. The molecule has 9 nitrogen and oxygen atoms in total. The van der Waals surface area contributed by atoms with E-state index in [1.54, 1.807) is 35.4 Å². The number of aromatic hydroxyl groups is 1. The molecule has 0 bridgehead atoms. The molecule has 0 unspecified atom stereocenters. The fourth-order valence-electron chi connectivity index (χ4n) is 3.47. The Bertz CT molecular complexity index is 1280. The molecule has 0 fully saturated rings. The van der Waals surface area contributed by atoms with E-state index in [0.717, 1.165) is 16.7 Å². The van der Waals surface area contributed by atoms with Gasteiger partial charge in [0.1, 0.15) is 23.8 Å². The molecule has 0 aliphatic heterocycles. The highest BCUT2D eigenvalue weighted by atomic mass is 16.3. The van der Waals surface area contributed by atoms with Crippen molar-refractivity contribution in [1.82, 2.24) is 24.7 Å². The van der Waals surface area contributed by atoms with Gasteiger partial charge >= 0.3 is 0 Å². The summed E-state index contributed by atoms with van der Waals surface area (Å²) in [7, 11) is 0. The third-order valence-corrected chi connectivity index (χ3v) is 4.89. The van der Waals surface area contributed by atoms with Gasteiger partial charge in [0.05, 0.1) is 11.8 Å². The standard InChI is InChI=1S/C24H23N7O2/c1-16-10-18(12-19(33)11-16)23-20(15-31(30-23)8-5-25)21-13-22(27-7-3-9-32)29-24(28-21)17-4-2-6-26-14-17/h2,4,6,10-15,32-33H,3,7-9H2,1H3,(H,27,28,29). The van der Waals surface area contributed by atoms with Crippen molar-refractivity contribution in [1.29, 1.82) is 5.26 Å². The topological polar surface area (TPSA) is 133 Å². The monoisotopic (exact) mass is 441 g/mol. The first-order valence-corrected chi connectivity index (χ1v) is 10.5. The summed E-state index contributed by atoms with van der Waals surface area (Å²) in [5, 5.41) is 36.3. The number of aryl methyl sites for hydroxylation is 1. The van der Waals surface area contributed by atoms with E-state index in [9.17, 15) is 10.4 Å². The van der Waals surface area contributed by atoms with E-state index >= 15 is 0 Å². The van der Waals surface area contributed by atoms with E-state index in [4.69, 9.17) is 10.1 Å². The fraction of sp³-hybridized carbons (Fsp3) is 0.208. The SMILES string of the molecule is Cc1cc(O)cc(-c2nn(CC#N)cc2-c2cc(NCCCO)nc(-c3cccnc3)n2)c1. The van der Waals surface area contributed by atoms with Crippen LogP contribution in [0.3, 0.4) is 0 Å². The van der Waals surface area contributed by atoms with Gasteiger partial charge in [0.25, 0.3) is 0 Å². The second kappa shape index (κ2) is 9.89. The van der Waals surface area contributed by atoms with Crippen molar-refractivity contribution >= 4 is 5.82 Å². The van der Waals surface area contributed by atoms with Crippen LogP contribution in [0.4, 0.5) is 5.82 Å². The molecule has 0 atom stereocenters. The zero-order valence-corrected chi connectivity index (χ0v) is 18.1. The number of aromatic nitrogens is 5. The number of nitrogens with zero attached hydrogens (tertiary/aromatic N) is 6. The number of aliphatic hydroxyl groups excluding tert-OH is 1. The van der Waals surface area contributed by atoms with Crippen LogP contribution in [0.5, 0.6) is 5.75 Å². The molecule has 4 rings (SSSR count). The smallest absolute Gasteiger partial charge is 0.163 e. The molecule has 0 saturated heterocycles. The van der Waals surface area contributed by atoms with Crippen molar-refractivity contribution in [2.45, 2.75) is 19.9 Å². The van der Waals surface area contributed by atoms with Crippen molar-refractivity contribution < 1.29 is 10.2 Å². The summed E-state index contributed by atoms with van der Waals surface area (Å²) in [6, 6.07) is 12.8. The molecular weight excluding hydrogens is 418 g/mol. The predicted octanol–water partition coefficient (Wildman–Crippen LogP) is 3.40. The molecule has 1 aromatic carbocycles. The van der Waals surface area contributed by atoms with Crippen LogP contribution >= 0.6 is 0 Å². The van der Waals surface area contributed by atoms with Crippen molar-refractivity contribution in [2.75, 3.05) is 18.5 Å². The molecule has 0 amide bonds. The van der Waals surface area contributed by atoms with Crippen LogP contribution in [-0.2, 0) is 6.54 Å². The second-order valence-electron chi connectivity index (χ2n) is 7.51. The lowest BCUT2D eigenvalue weighted by molar-refractivity contribution is 0.292. The summed E-state index contributed by atoms with van der Waals surface area (Å²) in [6.07, 6.45) is 5.72. The van der Waals surface area contributed by atoms with Crippen molar-refractivity contribution in [2.24, 2.45) is 0 Å². The minimum Gasteiger partial charge on any atom is -0.508 e. The number of anilines is 1. The van der Waals surface area contributed by atoms with Gasteiger partial charge < -0.3 is 15.5 Å². The Labute approximate surface area is 191 Å². The fourth-order valence-corrected chi connectivity index (χ4v) is 3.47. The summed E-state index contributed by atoms with van der Waals surface area (Å²) in [4.78, 5) is 13.5. The maximum Gasteiger partial charge on any atom is 0.163 e. The molecule has 0 aliphatic rings. The number of nitriles is 1. The summed E-state index contributed by atoms with van der Waals surface area (Å²) in [5.74, 6) is 1.22. The average molecular weight is 441 g/mol. The number of rotatable bonds is 8. The van der Waals surface area contributed by atoms with Gasteiger partial charge in [-0.05, 0) is 49.2 Å². The Morgan fingerprint density at radius 1 is 1.15 bits per heavy atom. The number of aliphatic hydroxyl groups is 1.